The summed E-state index contributed by atoms with van der Waals surface area (Å²) in [5.74, 6) is 0.862. The van der Waals surface area contributed by atoms with E-state index in [1.54, 1.807) is 24.3 Å². The van der Waals surface area contributed by atoms with Gasteiger partial charge in [0.05, 0.1) is 17.5 Å². The molecule has 4 rings (SSSR count). The lowest BCUT2D eigenvalue weighted by Gasteiger charge is -2.22. The first kappa shape index (κ1) is 16.6. The second kappa shape index (κ2) is 6.45. The topological polar surface area (TPSA) is 46.6 Å². The zero-order valence-electron chi connectivity index (χ0n) is 14.9. The molecular weight excluding hydrogens is 326 g/mol. The van der Waals surface area contributed by atoms with E-state index < -0.39 is 0 Å². The highest BCUT2D eigenvalue weighted by atomic mass is 16.5. The Labute approximate surface area is 153 Å². The van der Waals surface area contributed by atoms with Crippen LogP contribution in [0.3, 0.4) is 0 Å². The van der Waals surface area contributed by atoms with Gasteiger partial charge in [0.2, 0.25) is 11.8 Å². The van der Waals surface area contributed by atoms with Gasteiger partial charge in [0.15, 0.2) is 0 Å². The predicted molar refractivity (Wildman–Crippen MR) is 100 cm³/mol. The standard InChI is InChI=1S/C22H21NO3/c1-14-6-10-17(11-7-14)26-18-12-8-16(9-13-18)23-21(24)19-5-3-4-15(2)20(19)22(23)25/h3-4,6-13,15,19-20H,5H2,1-2H3/t15-,19-,20-/m0/s1. The first-order chi connectivity index (χ1) is 12.5. The summed E-state index contributed by atoms with van der Waals surface area (Å²) in [5.41, 5.74) is 1.78. The SMILES string of the molecule is Cc1ccc(Oc2ccc(N3C(=O)[C@@H]4[C@H](CC=C[C@@H]4C)C3=O)cc2)cc1. The van der Waals surface area contributed by atoms with Crippen LogP contribution in [-0.2, 0) is 9.59 Å². The zero-order valence-corrected chi connectivity index (χ0v) is 14.9. The molecule has 1 saturated heterocycles. The Balaban J connectivity index is 1.54. The molecule has 0 radical (unpaired) electrons. The van der Waals surface area contributed by atoms with Crippen molar-refractivity contribution >= 4 is 17.5 Å². The molecule has 2 amide bonds. The minimum absolute atomic E-state index is 0.0935. The van der Waals surface area contributed by atoms with Gasteiger partial charge >= 0.3 is 0 Å². The van der Waals surface area contributed by atoms with Crippen molar-refractivity contribution in [1.82, 2.24) is 0 Å². The van der Waals surface area contributed by atoms with Crippen molar-refractivity contribution in [1.29, 1.82) is 0 Å². The molecule has 1 aliphatic carbocycles. The minimum Gasteiger partial charge on any atom is -0.457 e. The molecule has 0 N–H and O–H groups in total. The predicted octanol–water partition coefficient (Wildman–Crippen LogP) is 4.49. The molecule has 0 bridgehead atoms. The van der Waals surface area contributed by atoms with Crippen molar-refractivity contribution < 1.29 is 14.3 Å². The third-order valence-electron chi connectivity index (χ3n) is 5.22. The van der Waals surface area contributed by atoms with E-state index in [0.717, 1.165) is 5.75 Å². The molecule has 4 heteroatoms. The maximum atomic E-state index is 12.8. The maximum Gasteiger partial charge on any atom is 0.238 e. The number of carbonyl (C=O) groups is 2. The van der Waals surface area contributed by atoms with Gasteiger partial charge in [-0.05, 0) is 55.7 Å². The van der Waals surface area contributed by atoms with E-state index in [2.05, 4.69) is 0 Å². The number of nitrogens with zero attached hydrogens (tertiary/aromatic N) is 1. The van der Waals surface area contributed by atoms with Gasteiger partial charge in [-0.25, -0.2) is 0 Å². The number of aryl methyl sites for hydroxylation is 1. The summed E-state index contributed by atoms with van der Waals surface area (Å²) in [6.07, 6.45) is 4.69. The normalized spacial score (nSPS) is 24.7. The van der Waals surface area contributed by atoms with Crippen LogP contribution in [-0.4, -0.2) is 11.8 Å². The quantitative estimate of drug-likeness (QED) is 0.607. The number of carbonyl (C=O) groups excluding carboxylic acids is 2. The van der Waals surface area contributed by atoms with E-state index in [-0.39, 0.29) is 29.6 Å². The fourth-order valence-electron chi connectivity index (χ4n) is 3.81. The number of hydrogen-bond donors (Lipinski definition) is 0. The molecule has 132 valence electrons. The summed E-state index contributed by atoms with van der Waals surface area (Å²) >= 11 is 0. The van der Waals surface area contributed by atoms with Gasteiger partial charge in [0.25, 0.3) is 0 Å². The number of rotatable bonds is 3. The highest BCUT2D eigenvalue weighted by Gasteiger charge is 2.50. The summed E-state index contributed by atoms with van der Waals surface area (Å²) in [6.45, 7) is 4.02. The van der Waals surface area contributed by atoms with Crippen LogP contribution in [0.1, 0.15) is 18.9 Å². The summed E-state index contributed by atoms with van der Waals surface area (Å²) in [6, 6.07) is 14.9. The van der Waals surface area contributed by atoms with Crippen LogP contribution >= 0.6 is 0 Å². The number of anilines is 1. The number of ether oxygens (including phenoxy) is 1. The molecule has 0 unspecified atom stereocenters. The van der Waals surface area contributed by atoms with Gasteiger partial charge in [-0.1, -0.05) is 36.8 Å². The molecule has 0 aromatic heterocycles. The average Bonchev–Trinajstić information content (AvgIpc) is 2.90. The van der Waals surface area contributed by atoms with E-state index in [1.807, 2.05) is 50.3 Å². The number of fused-ring (bicyclic) bond motifs is 1. The number of hydrogen-bond acceptors (Lipinski definition) is 3. The van der Waals surface area contributed by atoms with Crippen molar-refractivity contribution in [2.45, 2.75) is 20.3 Å². The molecule has 2 aromatic rings. The van der Waals surface area contributed by atoms with E-state index in [4.69, 9.17) is 4.74 Å². The Morgan fingerprint density at radius 3 is 2.15 bits per heavy atom. The van der Waals surface area contributed by atoms with Crippen LogP contribution in [0.2, 0.25) is 0 Å². The Morgan fingerprint density at radius 1 is 0.923 bits per heavy atom. The van der Waals surface area contributed by atoms with Crippen molar-refractivity contribution in [3.63, 3.8) is 0 Å². The fraction of sp³-hybridized carbons (Fsp3) is 0.273. The van der Waals surface area contributed by atoms with Crippen molar-refractivity contribution in [2.75, 3.05) is 4.90 Å². The second-order valence-electron chi connectivity index (χ2n) is 7.08. The van der Waals surface area contributed by atoms with Gasteiger partial charge < -0.3 is 4.74 Å². The van der Waals surface area contributed by atoms with Crippen LogP contribution < -0.4 is 9.64 Å². The Kier molecular flexibility index (Phi) is 4.11. The molecule has 0 spiro atoms. The van der Waals surface area contributed by atoms with Crippen LogP contribution in [0.5, 0.6) is 11.5 Å². The Morgan fingerprint density at radius 2 is 1.54 bits per heavy atom. The van der Waals surface area contributed by atoms with Crippen LogP contribution in [0, 0.1) is 24.7 Å². The number of imide groups is 1. The molecule has 4 nitrogen and oxygen atoms in total. The first-order valence-electron chi connectivity index (χ1n) is 8.93. The van der Waals surface area contributed by atoms with Crippen molar-refractivity contribution in [2.24, 2.45) is 17.8 Å². The molecular formula is C22H21NO3. The Bertz CT molecular complexity index is 867. The monoisotopic (exact) mass is 347 g/mol. The lowest BCUT2D eigenvalue weighted by Crippen LogP contribution is -2.31. The minimum atomic E-state index is -0.240. The highest BCUT2D eigenvalue weighted by Crippen LogP contribution is 2.40. The van der Waals surface area contributed by atoms with Crippen molar-refractivity contribution in [3.05, 3.63) is 66.2 Å². The van der Waals surface area contributed by atoms with Crippen molar-refractivity contribution in [3.8, 4) is 11.5 Å². The maximum absolute atomic E-state index is 12.8. The zero-order chi connectivity index (χ0) is 18.3. The smallest absolute Gasteiger partial charge is 0.238 e. The average molecular weight is 347 g/mol. The molecule has 3 atom stereocenters. The largest absolute Gasteiger partial charge is 0.457 e. The molecule has 2 aliphatic rings. The fourth-order valence-corrected chi connectivity index (χ4v) is 3.81. The molecule has 1 fully saturated rings. The summed E-state index contributed by atoms with van der Waals surface area (Å²) < 4.78 is 5.82. The molecule has 1 aliphatic heterocycles. The number of allylic oxidation sites excluding steroid dienone is 2. The summed E-state index contributed by atoms with van der Waals surface area (Å²) in [5, 5.41) is 0. The molecule has 26 heavy (non-hydrogen) atoms. The summed E-state index contributed by atoms with van der Waals surface area (Å²) in [4.78, 5) is 26.9. The molecule has 0 saturated carbocycles. The number of amides is 2. The van der Waals surface area contributed by atoms with E-state index in [9.17, 15) is 9.59 Å². The van der Waals surface area contributed by atoms with Gasteiger partial charge in [-0.3, -0.25) is 14.5 Å². The van der Waals surface area contributed by atoms with E-state index >= 15 is 0 Å². The Hall–Kier alpha value is -2.88. The van der Waals surface area contributed by atoms with Gasteiger partial charge in [-0.2, -0.15) is 0 Å². The van der Waals surface area contributed by atoms with Gasteiger partial charge in [-0.15, -0.1) is 0 Å². The molecule has 1 heterocycles. The van der Waals surface area contributed by atoms with E-state index in [0.29, 0.717) is 17.9 Å². The third kappa shape index (κ3) is 2.81. The van der Waals surface area contributed by atoms with Crippen LogP contribution in [0.25, 0.3) is 0 Å². The lowest BCUT2D eigenvalue weighted by atomic mass is 9.78. The molecule has 2 aromatic carbocycles. The van der Waals surface area contributed by atoms with E-state index in [1.165, 1.54) is 10.5 Å². The third-order valence-corrected chi connectivity index (χ3v) is 5.22. The number of benzene rings is 2. The van der Waals surface area contributed by atoms with Crippen LogP contribution in [0.4, 0.5) is 5.69 Å². The van der Waals surface area contributed by atoms with Gasteiger partial charge in [0.1, 0.15) is 11.5 Å². The lowest BCUT2D eigenvalue weighted by molar-refractivity contribution is -0.122. The highest BCUT2D eigenvalue weighted by molar-refractivity contribution is 6.22. The summed E-state index contributed by atoms with van der Waals surface area (Å²) in [7, 11) is 0. The van der Waals surface area contributed by atoms with Gasteiger partial charge in [0, 0.05) is 0 Å². The first-order valence-corrected chi connectivity index (χ1v) is 8.93. The van der Waals surface area contributed by atoms with Crippen LogP contribution in [0.15, 0.2) is 60.7 Å². The second-order valence-corrected chi connectivity index (χ2v) is 7.08.